The highest BCUT2D eigenvalue weighted by molar-refractivity contribution is 5.91. The summed E-state index contributed by atoms with van der Waals surface area (Å²) in [5.74, 6) is -1.24. The SMILES string of the molecule is O=C(NOCc1ccncc1)c1cncc(-c2ccc(OC(F)(F)F)nc2)n1. The molecule has 0 aliphatic carbocycles. The topological polar surface area (TPSA) is 99.1 Å². The van der Waals surface area contributed by atoms with E-state index in [1.54, 1.807) is 24.5 Å². The third-order valence-electron chi connectivity index (χ3n) is 3.27. The van der Waals surface area contributed by atoms with Gasteiger partial charge in [-0.15, -0.1) is 13.2 Å². The van der Waals surface area contributed by atoms with Crippen LogP contribution < -0.4 is 10.2 Å². The average molecular weight is 391 g/mol. The zero-order valence-electron chi connectivity index (χ0n) is 14.1. The fourth-order valence-corrected chi connectivity index (χ4v) is 2.04. The molecule has 11 heteroatoms. The maximum Gasteiger partial charge on any atom is 0.574 e. The van der Waals surface area contributed by atoms with Crippen molar-refractivity contribution in [1.82, 2.24) is 25.4 Å². The fourth-order valence-electron chi connectivity index (χ4n) is 2.04. The Kier molecular flexibility index (Phi) is 5.75. The van der Waals surface area contributed by atoms with Gasteiger partial charge in [0.25, 0.3) is 5.91 Å². The van der Waals surface area contributed by atoms with Crippen LogP contribution in [0.15, 0.2) is 55.2 Å². The number of hydrogen-bond acceptors (Lipinski definition) is 7. The number of pyridine rings is 2. The van der Waals surface area contributed by atoms with E-state index in [9.17, 15) is 18.0 Å². The van der Waals surface area contributed by atoms with E-state index in [4.69, 9.17) is 4.84 Å². The molecule has 3 rings (SSSR count). The van der Waals surface area contributed by atoms with Crippen LogP contribution in [0.2, 0.25) is 0 Å². The van der Waals surface area contributed by atoms with Gasteiger partial charge in [-0.1, -0.05) is 0 Å². The Morgan fingerprint density at radius 1 is 1.04 bits per heavy atom. The third-order valence-corrected chi connectivity index (χ3v) is 3.27. The standard InChI is InChI=1S/C17H12F3N5O3/c18-17(19,20)28-15-2-1-12(7-23-15)13-8-22-9-14(24-13)16(26)25-27-10-11-3-5-21-6-4-11/h1-9H,10H2,(H,25,26). The number of aromatic nitrogens is 4. The lowest BCUT2D eigenvalue weighted by molar-refractivity contribution is -0.276. The van der Waals surface area contributed by atoms with E-state index >= 15 is 0 Å². The number of hydroxylamine groups is 1. The molecule has 0 aromatic carbocycles. The Hall–Kier alpha value is -3.60. The van der Waals surface area contributed by atoms with E-state index in [1.165, 1.54) is 18.5 Å². The molecule has 0 bridgehead atoms. The summed E-state index contributed by atoms with van der Waals surface area (Å²) < 4.78 is 40.2. The number of carbonyl (C=O) groups is 1. The summed E-state index contributed by atoms with van der Waals surface area (Å²) >= 11 is 0. The summed E-state index contributed by atoms with van der Waals surface area (Å²) in [5, 5.41) is 0. The van der Waals surface area contributed by atoms with Crippen molar-refractivity contribution in [2.45, 2.75) is 13.0 Å². The molecular weight excluding hydrogens is 379 g/mol. The molecule has 0 saturated heterocycles. The second-order valence-electron chi connectivity index (χ2n) is 5.30. The first-order chi connectivity index (χ1) is 13.4. The fraction of sp³-hybridized carbons (Fsp3) is 0.118. The molecule has 0 fully saturated rings. The number of nitrogens with zero attached hydrogens (tertiary/aromatic N) is 4. The Morgan fingerprint density at radius 2 is 1.82 bits per heavy atom. The first kappa shape index (κ1) is 19.2. The minimum atomic E-state index is -4.83. The van der Waals surface area contributed by atoms with Crippen LogP contribution in [0.1, 0.15) is 16.1 Å². The summed E-state index contributed by atoms with van der Waals surface area (Å²) in [6.07, 6.45) is 2.05. The van der Waals surface area contributed by atoms with Gasteiger partial charge in [-0.2, -0.15) is 0 Å². The second kappa shape index (κ2) is 8.39. The zero-order chi connectivity index (χ0) is 20.0. The van der Waals surface area contributed by atoms with Crippen LogP contribution in [-0.4, -0.2) is 32.2 Å². The largest absolute Gasteiger partial charge is 0.574 e. The molecule has 0 radical (unpaired) electrons. The predicted octanol–water partition coefficient (Wildman–Crippen LogP) is 2.69. The summed E-state index contributed by atoms with van der Waals surface area (Å²) in [6.45, 7) is 0.131. The highest BCUT2D eigenvalue weighted by Gasteiger charge is 2.31. The quantitative estimate of drug-likeness (QED) is 0.645. The molecule has 0 saturated carbocycles. The van der Waals surface area contributed by atoms with E-state index in [2.05, 4.69) is 30.2 Å². The minimum absolute atomic E-state index is 0.0390. The van der Waals surface area contributed by atoms with Crippen molar-refractivity contribution >= 4 is 5.91 Å². The van der Waals surface area contributed by atoms with Gasteiger partial charge in [-0.25, -0.2) is 15.4 Å². The van der Waals surface area contributed by atoms with Gasteiger partial charge in [-0.3, -0.25) is 19.6 Å². The highest BCUT2D eigenvalue weighted by atomic mass is 19.4. The molecule has 28 heavy (non-hydrogen) atoms. The number of alkyl halides is 3. The number of rotatable bonds is 6. The van der Waals surface area contributed by atoms with Gasteiger partial charge in [-0.05, 0) is 23.8 Å². The second-order valence-corrected chi connectivity index (χ2v) is 5.30. The number of carbonyl (C=O) groups excluding carboxylic acids is 1. The van der Waals surface area contributed by atoms with Crippen molar-refractivity contribution < 1.29 is 27.5 Å². The Labute approximate surface area is 156 Å². The molecule has 1 N–H and O–H groups in total. The smallest absolute Gasteiger partial charge is 0.388 e. The lowest BCUT2D eigenvalue weighted by Crippen LogP contribution is -2.24. The van der Waals surface area contributed by atoms with Crippen molar-refractivity contribution in [1.29, 1.82) is 0 Å². The monoisotopic (exact) mass is 391 g/mol. The van der Waals surface area contributed by atoms with E-state index in [0.29, 0.717) is 5.56 Å². The van der Waals surface area contributed by atoms with Gasteiger partial charge in [0.15, 0.2) is 0 Å². The molecule has 0 atom stereocenters. The van der Waals surface area contributed by atoms with E-state index < -0.39 is 18.1 Å². The summed E-state index contributed by atoms with van der Waals surface area (Å²) in [7, 11) is 0. The van der Waals surface area contributed by atoms with Crippen LogP contribution in [0.5, 0.6) is 5.88 Å². The van der Waals surface area contributed by atoms with Gasteiger partial charge in [0.2, 0.25) is 5.88 Å². The number of amides is 1. The van der Waals surface area contributed by atoms with Crippen molar-refractivity contribution in [3.63, 3.8) is 0 Å². The Balaban J connectivity index is 1.63. The molecule has 144 valence electrons. The van der Waals surface area contributed by atoms with Gasteiger partial charge in [0.1, 0.15) is 5.69 Å². The van der Waals surface area contributed by atoms with Gasteiger partial charge in [0.05, 0.1) is 24.7 Å². The van der Waals surface area contributed by atoms with E-state index in [1.807, 2.05) is 0 Å². The summed E-state index contributed by atoms with van der Waals surface area (Å²) in [6, 6.07) is 5.81. The Morgan fingerprint density at radius 3 is 2.50 bits per heavy atom. The lowest BCUT2D eigenvalue weighted by atomic mass is 10.2. The molecule has 0 aliphatic heterocycles. The third kappa shape index (κ3) is 5.45. The molecule has 0 aliphatic rings. The molecule has 1 amide bonds. The van der Waals surface area contributed by atoms with Crippen LogP contribution in [-0.2, 0) is 11.4 Å². The molecule has 8 nitrogen and oxygen atoms in total. The number of nitrogens with one attached hydrogen (secondary N) is 1. The maximum absolute atomic E-state index is 12.2. The Bertz CT molecular complexity index is 937. The normalized spacial score (nSPS) is 11.1. The lowest BCUT2D eigenvalue weighted by Gasteiger charge is -2.08. The number of hydrogen-bond donors (Lipinski definition) is 1. The van der Waals surface area contributed by atoms with E-state index in [0.717, 1.165) is 17.8 Å². The van der Waals surface area contributed by atoms with Crippen LogP contribution in [0, 0.1) is 0 Å². The zero-order valence-corrected chi connectivity index (χ0v) is 14.1. The van der Waals surface area contributed by atoms with Crippen LogP contribution in [0.4, 0.5) is 13.2 Å². The molecule has 3 aromatic heterocycles. The minimum Gasteiger partial charge on any atom is -0.388 e. The highest BCUT2D eigenvalue weighted by Crippen LogP contribution is 2.23. The van der Waals surface area contributed by atoms with Gasteiger partial charge in [0, 0.05) is 30.2 Å². The first-order valence-electron chi connectivity index (χ1n) is 7.76. The van der Waals surface area contributed by atoms with Crippen LogP contribution in [0.25, 0.3) is 11.3 Å². The predicted molar refractivity (Wildman–Crippen MR) is 88.4 cm³/mol. The van der Waals surface area contributed by atoms with Crippen molar-refractivity contribution in [2.75, 3.05) is 0 Å². The maximum atomic E-state index is 12.2. The number of ether oxygens (including phenoxy) is 1. The first-order valence-corrected chi connectivity index (χ1v) is 7.76. The van der Waals surface area contributed by atoms with E-state index in [-0.39, 0.29) is 18.0 Å². The van der Waals surface area contributed by atoms with Crippen molar-refractivity contribution in [3.05, 3.63) is 66.5 Å². The summed E-state index contributed by atoms with van der Waals surface area (Å²) in [5.41, 5.74) is 3.61. The number of halogens is 3. The van der Waals surface area contributed by atoms with Gasteiger partial charge < -0.3 is 4.74 Å². The van der Waals surface area contributed by atoms with Crippen LogP contribution in [0.3, 0.4) is 0 Å². The molecule has 0 spiro atoms. The van der Waals surface area contributed by atoms with Crippen molar-refractivity contribution in [2.24, 2.45) is 0 Å². The average Bonchev–Trinajstić information content (AvgIpc) is 2.68. The molecule has 3 heterocycles. The van der Waals surface area contributed by atoms with Crippen molar-refractivity contribution in [3.8, 4) is 17.1 Å². The van der Waals surface area contributed by atoms with Crippen LogP contribution >= 0.6 is 0 Å². The van der Waals surface area contributed by atoms with Gasteiger partial charge >= 0.3 is 6.36 Å². The summed E-state index contributed by atoms with van der Waals surface area (Å²) in [4.78, 5) is 32.7. The molecular formula is C17H12F3N5O3. The molecule has 0 unspecified atom stereocenters. The molecule has 3 aromatic rings.